The van der Waals surface area contributed by atoms with E-state index in [-0.39, 0.29) is 0 Å². The average Bonchev–Trinajstić information content (AvgIpc) is 2.17. The highest BCUT2D eigenvalue weighted by molar-refractivity contribution is 7.78. The first kappa shape index (κ1) is 7.17. The van der Waals surface area contributed by atoms with Crippen LogP contribution in [0.4, 0.5) is 0 Å². The highest BCUT2D eigenvalue weighted by Crippen LogP contribution is 1.72. The molecule has 0 saturated heterocycles. The summed E-state index contributed by atoms with van der Waals surface area (Å²) in [7, 11) is 0. The van der Waals surface area contributed by atoms with Crippen molar-refractivity contribution in [1.82, 2.24) is 4.98 Å². The Hall–Kier alpha value is -0.830. The molecule has 3 N–H and O–H groups in total. The van der Waals surface area contributed by atoms with Crippen molar-refractivity contribution in [2.45, 2.75) is 0 Å². The number of H-pyrrole nitrogens is 1. The zero-order chi connectivity index (χ0) is 6.24. The first-order valence-electron chi connectivity index (χ1n) is 2.15. The van der Waals surface area contributed by atoms with Crippen molar-refractivity contribution in [3.05, 3.63) is 24.5 Å². The van der Waals surface area contributed by atoms with Crippen LogP contribution in [-0.2, 0) is 0 Å². The van der Waals surface area contributed by atoms with Gasteiger partial charge in [-0.15, -0.1) is 0 Å². The summed E-state index contributed by atoms with van der Waals surface area (Å²) in [4.78, 5) is 2.86. The summed E-state index contributed by atoms with van der Waals surface area (Å²) in [5.74, 6) is 0. The Morgan fingerprint density at radius 1 is 1.38 bits per heavy atom. The fourth-order valence-electron chi connectivity index (χ4n) is 0.278. The maximum absolute atomic E-state index is 4.54. The average molecular weight is 128 g/mol. The van der Waals surface area contributed by atoms with Gasteiger partial charge in [-0.3, -0.25) is 0 Å². The molecule has 1 rings (SSSR count). The minimum atomic E-state index is 1.08. The molecule has 1 aromatic heterocycles. The zero-order valence-corrected chi connectivity index (χ0v) is 5.19. The largest absolute Gasteiger partial charge is 0.396 e. The van der Waals surface area contributed by atoms with Crippen molar-refractivity contribution in [2.75, 3.05) is 0 Å². The van der Waals surface area contributed by atoms with Crippen LogP contribution in [0.5, 0.6) is 0 Å². The van der Waals surface area contributed by atoms with E-state index in [2.05, 4.69) is 22.9 Å². The van der Waals surface area contributed by atoms with E-state index in [9.17, 15) is 0 Å². The van der Waals surface area contributed by atoms with Crippen molar-refractivity contribution in [3.63, 3.8) is 0 Å². The molecular weight excluding hydrogens is 120 g/mol. The van der Waals surface area contributed by atoms with Gasteiger partial charge in [0.25, 0.3) is 0 Å². The van der Waals surface area contributed by atoms with Gasteiger partial charge in [-0.05, 0) is 12.1 Å². The number of rotatable bonds is 0. The predicted octanol–water partition coefficient (Wildman–Crippen LogP) is 0.917. The van der Waals surface area contributed by atoms with Gasteiger partial charge >= 0.3 is 0 Å². The molecule has 0 aliphatic carbocycles. The van der Waals surface area contributed by atoms with Gasteiger partial charge in [0.1, 0.15) is 0 Å². The molecule has 0 bridgehead atoms. The van der Waals surface area contributed by atoms with Crippen LogP contribution >= 0.6 is 12.2 Å². The Balaban J connectivity index is 0.000000145. The standard InChI is InChI=1S/C4H5N.CH3NS/c1-2-4-5-3-1;2-1-3/h1-5H;1H,(H2,2,3). The van der Waals surface area contributed by atoms with Crippen LogP contribution in [0.15, 0.2) is 24.5 Å². The monoisotopic (exact) mass is 128 g/mol. The fraction of sp³-hybridized carbons (Fsp3) is 0. The molecule has 0 saturated carbocycles. The van der Waals surface area contributed by atoms with Crippen molar-refractivity contribution in [2.24, 2.45) is 5.73 Å². The van der Waals surface area contributed by atoms with Crippen molar-refractivity contribution in [3.8, 4) is 0 Å². The van der Waals surface area contributed by atoms with Gasteiger partial charge in [-0.2, -0.15) is 0 Å². The summed E-state index contributed by atoms with van der Waals surface area (Å²) in [5.41, 5.74) is 5.62. The normalized spacial score (nSPS) is 6.50. The Bertz CT molecular complexity index is 96.8. The third-order valence-electron chi connectivity index (χ3n) is 0.496. The van der Waals surface area contributed by atoms with Crippen LogP contribution in [0, 0.1) is 0 Å². The Kier molecular flexibility index (Phi) is 5.53. The van der Waals surface area contributed by atoms with Crippen LogP contribution < -0.4 is 5.73 Å². The topological polar surface area (TPSA) is 41.8 Å². The molecule has 0 amide bonds. The van der Waals surface area contributed by atoms with Crippen molar-refractivity contribution >= 4 is 17.7 Å². The number of nitrogens with two attached hydrogens (primary N) is 1. The lowest BCUT2D eigenvalue weighted by Gasteiger charge is -1.49. The van der Waals surface area contributed by atoms with E-state index < -0.39 is 0 Å². The first-order chi connectivity index (χ1) is 3.91. The maximum atomic E-state index is 4.54. The molecule has 0 radical (unpaired) electrons. The first-order valence-corrected chi connectivity index (χ1v) is 2.62. The van der Waals surface area contributed by atoms with Gasteiger partial charge in [0.2, 0.25) is 0 Å². The van der Waals surface area contributed by atoms with E-state index in [1.54, 1.807) is 0 Å². The van der Waals surface area contributed by atoms with E-state index >= 15 is 0 Å². The Labute approximate surface area is 53.7 Å². The molecule has 0 fully saturated rings. The second kappa shape index (κ2) is 6.17. The van der Waals surface area contributed by atoms with E-state index in [0.717, 1.165) is 5.49 Å². The number of hydrogen-bond donors (Lipinski definition) is 2. The SMILES string of the molecule is NC=S.c1cc[nH]c1. The third kappa shape index (κ3) is 5.17. The van der Waals surface area contributed by atoms with Crippen LogP contribution in [0.1, 0.15) is 0 Å². The number of aromatic amines is 1. The minimum absolute atomic E-state index is 1.08. The summed E-state index contributed by atoms with van der Waals surface area (Å²) in [6.45, 7) is 0. The Morgan fingerprint density at radius 3 is 1.88 bits per heavy atom. The summed E-state index contributed by atoms with van der Waals surface area (Å²) >= 11 is 4.05. The van der Waals surface area contributed by atoms with Crippen LogP contribution in [0.2, 0.25) is 0 Å². The van der Waals surface area contributed by atoms with Gasteiger partial charge in [0, 0.05) is 12.4 Å². The lowest BCUT2D eigenvalue weighted by atomic mass is 10.7. The van der Waals surface area contributed by atoms with Gasteiger partial charge in [-0.1, -0.05) is 12.2 Å². The number of aromatic nitrogens is 1. The fourth-order valence-corrected chi connectivity index (χ4v) is 0.278. The molecule has 0 atom stereocenters. The number of nitrogens with one attached hydrogen (secondary N) is 1. The van der Waals surface area contributed by atoms with Gasteiger partial charge in [0.05, 0.1) is 5.49 Å². The van der Waals surface area contributed by atoms with Crippen molar-refractivity contribution in [1.29, 1.82) is 0 Å². The van der Waals surface area contributed by atoms with E-state index in [0.29, 0.717) is 0 Å². The molecule has 0 aromatic carbocycles. The van der Waals surface area contributed by atoms with Crippen LogP contribution in [0.25, 0.3) is 0 Å². The molecule has 2 nitrogen and oxygen atoms in total. The minimum Gasteiger partial charge on any atom is -0.396 e. The van der Waals surface area contributed by atoms with E-state index in [1.165, 1.54) is 0 Å². The van der Waals surface area contributed by atoms with Crippen LogP contribution in [-0.4, -0.2) is 10.5 Å². The molecule has 44 valence electrons. The van der Waals surface area contributed by atoms with E-state index in [4.69, 9.17) is 0 Å². The molecular formula is C5H8N2S. The highest BCUT2D eigenvalue weighted by Gasteiger charge is 1.55. The highest BCUT2D eigenvalue weighted by atomic mass is 32.1. The molecule has 0 unspecified atom stereocenters. The summed E-state index contributed by atoms with van der Waals surface area (Å²) in [5, 5.41) is 0. The smallest absolute Gasteiger partial charge is 0.0588 e. The zero-order valence-electron chi connectivity index (χ0n) is 4.37. The number of hydrogen-bond acceptors (Lipinski definition) is 1. The number of thiocarbonyl (C=S) groups is 1. The van der Waals surface area contributed by atoms with Gasteiger partial charge < -0.3 is 10.7 Å². The molecule has 8 heavy (non-hydrogen) atoms. The lowest BCUT2D eigenvalue weighted by molar-refractivity contribution is 1.42. The summed E-state index contributed by atoms with van der Waals surface area (Å²) < 4.78 is 0. The second-order valence-corrected chi connectivity index (χ2v) is 1.29. The second-order valence-electron chi connectivity index (χ2n) is 1.02. The molecule has 0 aliphatic rings. The summed E-state index contributed by atoms with van der Waals surface area (Å²) in [6, 6.07) is 3.89. The van der Waals surface area contributed by atoms with Gasteiger partial charge in [0.15, 0.2) is 0 Å². The quantitative estimate of drug-likeness (QED) is 0.510. The molecule has 0 spiro atoms. The van der Waals surface area contributed by atoms with Crippen molar-refractivity contribution < 1.29 is 0 Å². The van der Waals surface area contributed by atoms with Gasteiger partial charge in [-0.25, -0.2) is 0 Å². The molecule has 1 aromatic rings. The lowest BCUT2D eigenvalue weighted by Crippen LogP contribution is -1.79. The Morgan fingerprint density at radius 2 is 1.75 bits per heavy atom. The van der Waals surface area contributed by atoms with E-state index in [1.807, 2.05) is 24.5 Å². The molecule has 3 heteroatoms. The molecule has 1 heterocycles. The predicted molar refractivity (Wildman–Crippen MR) is 38.6 cm³/mol. The third-order valence-corrected chi connectivity index (χ3v) is 0.496. The summed E-state index contributed by atoms with van der Waals surface area (Å²) in [6.07, 6.45) is 3.75. The molecule has 0 aliphatic heterocycles. The maximum Gasteiger partial charge on any atom is 0.0588 e. The van der Waals surface area contributed by atoms with Crippen LogP contribution in [0.3, 0.4) is 0 Å².